The number of esters is 1. The smallest absolute Gasteiger partial charge is 0.305 e. The van der Waals surface area contributed by atoms with E-state index in [9.17, 15) is 27.2 Å². The number of rotatable bonds is 8. The van der Waals surface area contributed by atoms with Crippen molar-refractivity contribution in [3.63, 3.8) is 0 Å². The summed E-state index contributed by atoms with van der Waals surface area (Å²) in [5.41, 5.74) is -1.21. The van der Waals surface area contributed by atoms with E-state index >= 15 is 0 Å². The fourth-order valence-electron chi connectivity index (χ4n) is 2.15. The van der Waals surface area contributed by atoms with Crippen molar-refractivity contribution in [1.82, 2.24) is 4.98 Å². The molecule has 1 unspecified atom stereocenters. The van der Waals surface area contributed by atoms with Crippen LogP contribution < -0.4 is 4.90 Å². The Morgan fingerprint density at radius 1 is 1.21 bits per heavy atom. The average molecular weight is 442 g/mol. The van der Waals surface area contributed by atoms with E-state index in [1.807, 2.05) is 0 Å². The van der Waals surface area contributed by atoms with Gasteiger partial charge >= 0.3 is 5.97 Å². The van der Waals surface area contributed by atoms with E-state index in [-0.39, 0.29) is 23.8 Å². The van der Waals surface area contributed by atoms with Crippen molar-refractivity contribution in [1.29, 1.82) is 0 Å². The number of aromatic nitrogens is 1. The van der Waals surface area contributed by atoms with Crippen LogP contribution in [0.15, 0.2) is 0 Å². The number of ether oxygens (including phenoxy) is 2. The van der Waals surface area contributed by atoms with Crippen LogP contribution >= 0.6 is 24.0 Å². The lowest BCUT2D eigenvalue weighted by molar-refractivity contribution is -0.140. The van der Waals surface area contributed by atoms with Gasteiger partial charge in [0, 0.05) is 25.1 Å². The lowest BCUT2D eigenvalue weighted by atomic mass is 10.2. The predicted octanol–water partition coefficient (Wildman–Crippen LogP) is 3.37. The van der Waals surface area contributed by atoms with E-state index in [1.165, 1.54) is 7.11 Å². The number of carbonyl (C=O) groups excluding carboxylic acids is 2. The second kappa shape index (κ2) is 11.1. The van der Waals surface area contributed by atoms with Gasteiger partial charge in [0.2, 0.25) is 21.9 Å². The standard InChI is InChI=1S/C16H18F4N2O4S2/c1-4-26-16(27)28-9(5-6-10(24)25-3)7-22(8(2)23)13-11(17)14(19)21-15(20)12(13)18/h9H,4-7H2,1-3H3. The van der Waals surface area contributed by atoms with Gasteiger partial charge in [-0.3, -0.25) is 9.59 Å². The summed E-state index contributed by atoms with van der Waals surface area (Å²) in [7, 11) is 1.18. The largest absolute Gasteiger partial charge is 0.479 e. The number of anilines is 1. The lowest BCUT2D eigenvalue weighted by Gasteiger charge is -2.27. The zero-order valence-electron chi connectivity index (χ0n) is 15.3. The van der Waals surface area contributed by atoms with Crippen molar-refractivity contribution in [2.24, 2.45) is 0 Å². The Morgan fingerprint density at radius 3 is 2.25 bits per heavy atom. The molecule has 0 N–H and O–H groups in total. The Balaban J connectivity index is 3.21. The summed E-state index contributed by atoms with van der Waals surface area (Å²) in [6.45, 7) is 2.51. The van der Waals surface area contributed by atoms with Crippen molar-refractivity contribution >= 4 is 45.9 Å². The third kappa shape index (κ3) is 6.59. The second-order valence-corrected chi connectivity index (χ2v) is 7.24. The average Bonchev–Trinajstić information content (AvgIpc) is 2.63. The first-order chi connectivity index (χ1) is 13.1. The third-order valence-electron chi connectivity index (χ3n) is 3.43. The summed E-state index contributed by atoms with van der Waals surface area (Å²) in [6, 6.07) is 0. The van der Waals surface area contributed by atoms with Gasteiger partial charge < -0.3 is 14.4 Å². The molecular formula is C16H18F4N2O4S2. The molecule has 12 heteroatoms. The van der Waals surface area contributed by atoms with Gasteiger partial charge in [-0.15, -0.1) is 0 Å². The first-order valence-electron chi connectivity index (χ1n) is 8.00. The summed E-state index contributed by atoms with van der Waals surface area (Å²) in [6.07, 6.45) is 0.00625. The molecule has 1 aromatic heterocycles. The molecule has 156 valence electrons. The molecular weight excluding hydrogens is 424 g/mol. The fraction of sp³-hybridized carbons (Fsp3) is 0.500. The fourth-order valence-corrected chi connectivity index (χ4v) is 3.59. The molecule has 1 rings (SSSR count). The number of hydrogen-bond donors (Lipinski definition) is 0. The number of pyridine rings is 1. The molecule has 0 aromatic carbocycles. The minimum atomic E-state index is -1.89. The highest BCUT2D eigenvalue weighted by Crippen LogP contribution is 2.29. The third-order valence-corrected chi connectivity index (χ3v) is 4.87. The van der Waals surface area contributed by atoms with Crippen LogP contribution in [0.1, 0.15) is 26.7 Å². The molecule has 1 aromatic rings. The number of halogens is 4. The molecule has 0 saturated carbocycles. The topological polar surface area (TPSA) is 68.7 Å². The van der Waals surface area contributed by atoms with Crippen molar-refractivity contribution in [2.45, 2.75) is 31.9 Å². The minimum absolute atomic E-state index is 0.0777. The van der Waals surface area contributed by atoms with E-state index < -0.39 is 52.9 Å². The number of methoxy groups -OCH3 is 1. The highest BCUT2D eigenvalue weighted by molar-refractivity contribution is 8.23. The van der Waals surface area contributed by atoms with Crippen LogP contribution in [0, 0.1) is 23.5 Å². The Morgan fingerprint density at radius 2 is 1.79 bits per heavy atom. The van der Waals surface area contributed by atoms with Gasteiger partial charge in [0.25, 0.3) is 11.9 Å². The van der Waals surface area contributed by atoms with Crippen LogP contribution in [-0.4, -0.2) is 46.8 Å². The molecule has 0 fully saturated rings. The number of amides is 1. The van der Waals surface area contributed by atoms with Crippen LogP contribution in [0.5, 0.6) is 0 Å². The van der Waals surface area contributed by atoms with Crippen molar-refractivity contribution in [3.05, 3.63) is 23.5 Å². The number of nitrogens with zero attached hydrogens (tertiary/aromatic N) is 2. The van der Waals surface area contributed by atoms with Gasteiger partial charge in [0.1, 0.15) is 5.69 Å². The molecule has 0 saturated heterocycles. The van der Waals surface area contributed by atoms with Crippen LogP contribution in [-0.2, 0) is 19.1 Å². The Labute approximate surface area is 168 Å². The van der Waals surface area contributed by atoms with E-state index in [0.717, 1.165) is 18.7 Å². The number of carbonyl (C=O) groups is 2. The number of thiocarbonyl (C=S) groups is 1. The van der Waals surface area contributed by atoms with Crippen molar-refractivity contribution in [2.75, 3.05) is 25.2 Å². The highest BCUT2D eigenvalue weighted by Gasteiger charge is 2.30. The molecule has 28 heavy (non-hydrogen) atoms. The highest BCUT2D eigenvalue weighted by atomic mass is 32.2. The first-order valence-corrected chi connectivity index (χ1v) is 9.29. The van der Waals surface area contributed by atoms with Gasteiger partial charge in [-0.25, -0.2) is 0 Å². The van der Waals surface area contributed by atoms with E-state index in [2.05, 4.69) is 9.72 Å². The molecule has 0 aliphatic carbocycles. The quantitative estimate of drug-likeness (QED) is 0.265. The Kier molecular flexibility index (Phi) is 9.59. The maximum atomic E-state index is 14.1. The Bertz CT molecular complexity index is 726. The van der Waals surface area contributed by atoms with Gasteiger partial charge in [-0.05, 0) is 25.6 Å². The summed E-state index contributed by atoms with van der Waals surface area (Å²) in [5.74, 6) is -8.82. The zero-order chi connectivity index (χ0) is 21.4. The second-order valence-electron chi connectivity index (χ2n) is 5.34. The molecule has 6 nitrogen and oxygen atoms in total. The van der Waals surface area contributed by atoms with Crippen molar-refractivity contribution < 1.29 is 36.6 Å². The van der Waals surface area contributed by atoms with Crippen LogP contribution in [0.3, 0.4) is 0 Å². The van der Waals surface area contributed by atoms with Gasteiger partial charge in [0.15, 0.2) is 0 Å². The molecule has 1 heterocycles. The monoisotopic (exact) mass is 442 g/mol. The molecule has 0 aliphatic rings. The van der Waals surface area contributed by atoms with Gasteiger partial charge in [-0.1, -0.05) is 11.8 Å². The molecule has 0 radical (unpaired) electrons. The summed E-state index contributed by atoms with van der Waals surface area (Å²) < 4.78 is 64.8. The van der Waals surface area contributed by atoms with Crippen LogP contribution in [0.25, 0.3) is 0 Å². The van der Waals surface area contributed by atoms with Crippen LogP contribution in [0.2, 0.25) is 0 Å². The van der Waals surface area contributed by atoms with Gasteiger partial charge in [0.05, 0.1) is 13.7 Å². The maximum absolute atomic E-state index is 14.1. The van der Waals surface area contributed by atoms with Crippen molar-refractivity contribution in [3.8, 4) is 0 Å². The van der Waals surface area contributed by atoms with E-state index in [4.69, 9.17) is 17.0 Å². The summed E-state index contributed by atoms with van der Waals surface area (Å²) >= 11 is 5.95. The lowest BCUT2D eigenvalue weighted by Crippen LogP contribution is -2.37. The molecule has 0 spiro atoms. The molecule has 0 aliphatic heterocycles. The normalized spacial score (nSPS) is 11.7. The Hall–Kier alpha value is -1.95. The zero-order valence-corrected chi connectivity index (χ0v) is 16.9. The summed E-state index contributed by atoms with van der Waals surface area (Å²) in [4.78, 5) is 26.4. The van der Waals surface area contributed by atoms with E-state index in [0.29, 0.717) is 4.90 Å². The predicted molar refractivity (Wildman–Crippen MR) is 98.9 cm³/mol. The molecule has 1 amide bonds. The first kappa shape index (κ1) is 24.1. The minimum Gasteiger partial charge on any atom is -0.479 e. The maximum Gasteiger partial charge on any atom is 0.305 e. The van der Waals surface area contributed by atoms with E-state index in [1.54, 1.807) is 6.92 Å². The number of hydrogen-bond acceptors (Lipinski definition) is 7. The van der Waals surface area contributed by atoms with Gasteiger partial charge in [-0.2, -0.15) is 22.5 Å². The summed E-state index contributed by atoms with van der Waals surface area (Å²) in [5, 5.41) is -0.680. The molecule has 0 bridgehead atoms. The number of thioether (sulfide) groups is 1. The van der Waals surface area contributed by atoms with Crippen LogP contribution in [0.4, 0.5) is 23.2 Å². The molecule has 1 atom stereocenters. The SMILES string of the molecule is CCOC(=S)SC(CCC(=O)OC)CN(C(C)=O)c1c(F)c(F)nc(F)c1F.